The van der Waals surface area contributed by atoms with Gasteiger partial charge in [0.25, 0.3) is 0 Å². The van der Waals surface area contributed by atoms with Gasteiger partial charge in [0.1, 0.15) is 0 Å². The van der Waals surface area contributed by atoms with E-state index in [9.17, 15) is 0 Å². The molecule has 2 aliphatic rings. The summed E-state index contributed by atoms with van der Waals surface area (Å²) in [5, 5.41) is 0. The van der Waals surface area contributed by atoms with Gasteiger partial charge in [-0.2, -0.15) is 0 Å². The Bertz CT molecular complexity index is 4110. The lowest BCUT2D eigenvalue weighted by atomic mass is 9.70. The molecule has 2 aliphatic carbocycles. The van der Waals surface area contributed by atoms with Crippen molar-refractivity contribution in [1.29, 1.82) is 0 Å². The zero-order valence-corrected chi connectivity index (χ0v) is 42.5. The zero-order valence-electron chi connectivity index (χ0n) is 42.5. The van der Waals surface area contributed by atoms with Gasteiger partial charge in [0.05, 0.1) is 5.41 Å². The van der Waals surface area contributed by atoms with Crippen LogP contribution in [0.1, 0.15) is 39.2 Å². The minimum absolute atomic E-state index is 0.509. The average molecular weight is 971 g/mol. The summed E-state index contributed by atoms with van der Waals surface area (Å²) in [4.78, 5) is 20.9. The van der Waals surface area contributed by atoms with Crippen molar-refractivity contribution in [2.24, 2.45) is 0 Å². The molecule has 358 valence electrons. The van der Waals surface area contributed by atoms with Crippen LogP contribution in [-0.2, 0) is 5.41 Å². The number of hydrogen-bond donors (Lipinski definition) is 0. The first-order valence-electron chi connectivity index (χ1n) is 26.1. The molecule has 0 amide bonds. The van der Waals surface area contributed by atoms with Gasteiger partial charge in [0, 0.05) is 33.6 Å². The summed E-state index contributed by atoms with van der Waals surface area (Å²) >= 11 is 0. The highest BCUT2D eigenvalue weighted by atomic mass is 15.0. The van der Waals surface area contributed by atoms with E-state index in [0.29, 0.717) is 17.5 Å². The van der Waals surface area contributed by atoms with Gasteiger partial charge < -0.3 is 0 Å². The van der Waals surface area contributed by atoms with E-state index in [1.54, 1.807) is 0 Å². The fourth-order valence-electron chi connectivity index (χ4n) is 12.2. The maximum absolute atomic E-state index is 5.42. The summed E-state index contributed by atoms with van der Waals surface area (Å²) < 4.78 is 0. The second-order valence-corrected chi connectivity index (χ2v) is 20.2. The normalized spacial score (nSPS) is 12.5. The van der Waals surface area contributed by atoms with Crippen molar-refractivity contribution in [3.8, 4) is 112 Å². The Morgan fingerprint density at radius 3 is 1.25 bits per heavy atom. The highest BCUT2D eigenvalue weighted by Crippen LogP contribution is 2.63. The molecular formula is C72H50N4. The quantitative estimate of drug-likeness (QED) is 0.152. The van der Waals surface area contributed by atoms with Crippen molar-refractivity contribution in [3.63, 3.8) is 0 Å². The van der Waals surface area contributed by atoms with Gasteiger partial charge in [-0.1, -0.05) is 230 Å². The van der Waals surface area contributed by atoms with Gasteiger partial charge in [0.2, 0.25) is 0 Å². The summed E-state index contributed by atoms with van der Waals surface area (Å²) in [5.74, 6) is 1.82. The van der Waals surface area contributed by atoms with E-state index in [0.717, 1.165) is 72.6 Å². The molecule has 2 aromatic heterocycles. The van der Waals surface area contributed by atoms with E-state index in [2.05, 4.69) is 263 Å². The molecule has 0 unspecified atom stereocenters. The third kappa shape index (κ3) is 7.36. The van der Waals surface area contributed by atoms with Crippen LogP contribution in [0.15, 0.2) is 249 Å². The summed E-state index contributed by atoms with van der Waals surface area (Å²) in [6.45, 7) is 6.29. The number of aromatic nitrogens is 4. The van der Waals surface area contributed by atoms with Crippen molar-refractivity contribution in [2.45, 2.75) is 26.2 Å². The molecule has 14 rings (SSSR count). The molecular weight excluding hydrogens is 921 g/mol. The van der Waals surface area contributed by atoms with Crippen molar-refractivity contribution in [3.05, 3.63) is 288 Å². The van der Waals surface area contributed by atoms with Crippen molar-refractivity contribution in [1.82, 2.24) is 19.9 Å². The second-order valence-electron chi connectivity index (χ2n) is 20.2. The topological polar surface area (TPSA) is 51.6 Å². The van der Waals surface area contributed by atoms with Crippen LogP contribution in [0.5, 0.6) is 0 Å². The molecule has 0 bridgehead atoms. The van der Waals surface area contributed by atoms with Gasteiger partial charge >= 0.3 is 0 Å². The fourth-order valence-corrected chi connectivity index (χ4v) is 12.2. The van der Waals surface area contributed by atoms with Crippen LogP contribution < -0.4 is 0 Å². The van der Waals surface area contributed by atoms with Gasteiger partial charge in [-0.05, 0) is 140 Å². The van der Waals surface area contributed by atoms with E-state index in [1.165, 1.54) is 61.2 Å². The number of rotatable bonds is 8. The van der Waals surface area contributed by atoms with Crippen LogP contribution in [0.4, 0.5) is 0 Å². The number of aryl methyl sites for hydroxylation is 3. The molecule has 76 heavy (non-hydrogen) atoms. The molecule has 4 nitrogen and oxygen atoms in total. The SMILES string of the molecule is Cc1ccc2c(c1)-c1ccc(-c3nc(-c4ccc(-c5ccc(C)nc5C)cc4)nc(-c4ccc(-c5c(-c6ccccc6)cc(-c6ccccc6)cc5-c5ccccc5)cc4)n3)cc1C21c2ccccc2-c2ccccc21. The smallest absolute Gasteiger partial charge is 0.164 e. The zero-order chi connectivity index (χ0) is 50.9. The molecule has 0 radical (unpaired) electrons. The lowest BCUT2D eigenvalue weighted by Gasteiger charge is -2.30. The van der Waals surface area contributed by atoms with Crippen LogP contribution >= 0.6 is 0 Å². The Balaban J connectivity index is 0.947. The minimum atomic E-state index is -0.509. The third-order valence-electron chi connectivity index (χ3n) is 15.7. The number of nitrogens with zero attached hydrogens (tertiary/aromatic N) is 4. The predicted octanol–water partition coefficient (Wildman–Crippen LogP) is 17.9. The number of pyridine rings is 1. The molecule has 0 saturated carbocycles. The second kappa shape index (κ2) is 18.1. The van der Waals surface area contributed by atoms with Crippen LogP contribution in [0, 0.1) is 20.8 Å². The Hall–Kier alpha value is -9.64. The molecule has 12 aromatic rings. The number of benzene rings is 10. The average Bonchev–Trinajstić information content (AvgIpc) is 4.12. The summed E-state index contributed by atoms with van der Waals surface area (Å²) in [6, 6.07) is 90.2. The molecule has 0 saturated heterocycles. The van der Waals surface area contributed by atoms with Crippen LogP contribution in [-0.4, -0.2) is 19.9 Å². The predicted molar refractivity (Wildman–Crippen MR) is 312 cm³/mol. The van der Waals surface area contributed by atoms with Crippen molar-refractivity contribution >= 4 is 0 Å². The van der Waals surface area contributed by atoms with Crippen LogP contribution in [0.25, 0.3) is 112 Å². The minimum Gasteiger partial charge on any atom is -0.258 e. The number of fused-ring (bicyclic) bond motifs is 10. The Kier molecular flexibility index (Phi) is 10.7. The highest BCUT2D eigenvalue weighted by Gasteiger charge is 2.51. The summed E-state index contributed by atoms with van der Waals surface area (Å²) in [5.41, 5.74) is 27.1. The van der Waals surface area contributed by atoms with E-state index < -0.39 is 5.41 Å². The monoisotopic (exact) mass is 970 g/mol. The van der Waals surface area contributed by atoms with E-state index in [-0.39, 0.29) is 0 Å². The van der Waals surface area contributed by atoms with Gasteiger partial charge in [-0.25, -0.2) is 15.0 Å². The van der Waals surface area contributed by atoms with Crippen molar-refractivity contribution in [2.75, 3.05) is 0 Å². The fraction of sp³-hybridized carbons (Fsp3) is 0.0556. The first-order chi connectivity index (χ1) is 37.4. The molecule has 10 aromatic carbocycles. The molecule has 0 atom stereocenters. The summed E-state index contributed by atoms with van der Waals surface area (Å²) in [6.07, 6.45) is 0. The first-order valence-corrected chi connectivity index (χ1v) is 26.1. The van der Waals surface area contributed by atoms with Crippen molar-refractivity contribution < 1.29 is 0 Å². The Labute approximate surface area is 443 Å². The maximum Gasteiger partial charge on any atom is 0.164 e. The van der Waals surface area contributed by atoms with Gasteiger partial charge in [-0.15, -0.1) is 0 Å². The highest BCUT2D eigenvalue weighted by molar-refractivity contribution is 5.99. The van der Waals surface area contributed by atoms with Gasteiger partial charge in [0.15, 0.2) is 17.5 Å². The Morgan fingerprint density at radius 2 is 0.684 bits per heavy atom. The third-order valence-corrected chi connectivity index (χ3v) is 15.7. The first kappa shape index (κ1) is 45.0. The lowest BCUT2D eigenvalue weighted by Crippen LogP contribution is -2.25. The van der Waals surface area contributed by atoms with Crippen LogP contribution in [0.3, 0.4) is 0 Å². The van der Waals surface area contributed by atoms with Crippen LogP contribution in [0.2, 0.25) is 0 Å². The molecule has 0 N–H and O–H groups in total. The molecule has 4 heteroatoms. The molecule has 1 spiro atoms. The largest absolute Gasteiger partial charge is 0.258 e. The van der Waals surface area contributed by atoms with E-state index >= 15 is 0 Å². The maximum atomic E-state index is 5.42. The lowest BCUT2D eigenvalue weighted by molar-refractivity contribution is 0.793. The molecule has 2 heterocycles. The number of hydrogen-bond acceptors (Lipinski definition) is 4. The van der Waals surface area contributed by atoms with E-state index in [4.69, 9.17) is 19.9 Å². The Morgan fingerprint density at radius 1 is 0.250 bits per heavy atom. The summed E-state index contributed by atoms with van der Waals surface area (Å²) in [7, 11) is 0. The van der Waals surface area contributed by atoms with E-state index in [1.807, 2.05) is 6.92 Å². The van der Waals surface area contributed by atoms with Gasteiger partial charge in [-0.3, -0.25) is 4.98 Å². The molecule has 0 fully saturated rings. The molecule has 0 aliphatic heterocycles. The standard InChI is InChI=1S/C72H50N4/c1-45-27-40-66-63(41-45)60-39-37-55(44-67(60)72(66)64-25-15-13-23-58(64)59-24-14-16-26-65(59)72)71-75-69(53-33-29-51(30-34-53)57-38-28-46(2)73-47(57)3)74-70(76-71)54-35-31-52(32-36-54)68-61(49-19-9-5-10-20-49)42-56(48-17-7-4-8-18-48)43-62(68)50-21-11-6-12-22-50/h4-44H,1-3H3.